The van der Waals surface area contributed by atoms with Gasteiger partial charge in [0.2, 0.25) is 22.7 Å². The van der Waals surface area contributed by atoms with Crippen LogP contribution in [0.15, 0.2) is 57.9 Å². The number of nitrogens with zero attached hydrogens (tertiary/aromatic N) is 2. The predicted molar refractivity (Wildman–Crippen MR) is 146 cm³/mol. The minimum Gasteiger partial charge on any atom is -0.454 e. The molecule has 1 unspecified atom stereocenters. The molecule has 38 heavy (non-hydrogen) atoms. The van der Waals surface area contributed by atoms with E-state index in [0.717, 1.165) is 24.8 Å². The summed E-state index contributed by atoms with van der Waals surface area (Å²) in [5.41, 5.74) is 3.90. The predicted octanol–water partition coefficient (Wildman–Crippen LogP) is 4.93. The Morgan fingerprint density at radius 2 is 1.55 bits per heavy atom. The van der Waals surface area contributed by atoms with Crippen LogP contribution in [0.4, 0.5) is 5.69 Å². The van der Waals surface area contributed by atoms with Gasteiger partial charge in [-0.25, -0.2) is 13.3 Å². The van der Waals surface area contributed by atoms with Crippen molar-refractivity contribution in [2.75, 3.05) is 11.7 Å². The second kappa shape index (κ2) is 9.83. The fraction of sp³-hybridized carbons (Fsp3) is 0.286. The summed E-state index contributed by atoms with van der Waals surface area (Å²) in [5.74, 6) is 0.0324. The maximum absolute atomic E-state index is 14.4. The van der Waals surface area contributed by atoms with Gasteiger partial charge in [-0.1, -0.05) is 28.1 Å². The van der Waals surface area contributed by atoms with Crippen molar-refractivity contribution in [3.8, 4) is 11.5 Å². The topological polar surface area (TPSA) is 93.2 Å². The average molecular weight is 600 g/mol. The molecule has 0 saturated carbocycles. The summed E-state index contributed by atoms with van der Waals surface area (Å²) in [6.07, 6.45) is -0.262. The van der Waals surface area contributed by atoms with Gasteiger partial charge in [-0.2, -0.15) is 4.31 Å². The molecule has 0 aromatic heterocycles. The van der Waals surface area contributed by atoms with Crippen LogP contribution in [0.25, 0.3) is 0 Å². The first kappa shape index (κ1) is 26.4. The van der Waals surface area contributed by atoms with Crippen molar-refractivity contribution in [3.05, 3.63) is 80.8 Å². The van der Waals surface area contributed by atoms with Crippen molar-refractivity contribution in [1.82, 2.24) is 4.31 Å². The molecule has 3 aromatic rings. The minimum absolute atomic E-state index is 0.0829. The van der Waals surface area contributed by atoms with E-state index in [4.69, 9.17) is 9.47 Å². The van der Waals surface area contributed by atoms with Crippen LogP contribution in [0.3, 0.4) is 0 Å². The van der Waals surface area contributed by atoms with E-state index in [9.17, 15) is 18.0 Å². The van der Waals surface area contributed by atoms with Gasteiger partial charge in [0, 0.05) is 11.0 Å². The Balaban J connectivity index is 1.62. The molecule has 0 aliphatic carbocycles. The Labute approximate surface area is 230 Å². The van der Waals surface area contributed by atoms with Gasteiger partial charge < -0.3 is 9.47 Å². The van der Waals surface area contributed by atoms with Crippen LogP contribution < -0.4 is 14.4 Å². The summed E-state index contributed by atoms with van der Waals surface area (Å²) in [6, 6.07) is 12.7. The van der Waals surface area contributed by atoms with Crippen molar-refractivity contribution in [1.29, 1.82) is 0 Å². The third-order valence-corrected chi connectivity index (χ3v) is 9.85. The third-order valence-electron chi connectivity index (χ3n) is 7.19. The van der Waals surface area contributed by atoms with Crippen molar-refractivity contribution in [2.24, 2.45) is 0 Å². The van der Waals surface area contributed by atoms with E-state index >= 15 is 0 Å². The number of ether oxygens (including phenoxy) is 2. The summed E-state index contributed by atoms with van der Waals surface area (Å²) in [6.45, 7) is 7.22. The number of amides is 2. The largest absolute Gasteiger partial charge is 0.454 e. The molecular formula is C28H27BrN2O6S. The van der Waals surface area contributed by atoms with Crippen molar-refractivity contribution < 1.29 is 27.5 Å². The SMILES string of the molecule is Cc1cc(C)c(C)c(S(=O)(=O)N(Cc2ccc3c(c2)OCO3)C2CC(=O)N(c3ccc(Br)cc3)C2=O)c1C. The van der Waals surface area contributed by atoms with Crippen LogP contribution >= 0.6 is 15.9 Å². The van der Waals surface area contributed by atoms with E-state index in [-0.39, 0.29) is 24.7 Å². The quantitative estimate of drug-likeness (QED) is 0.373. The lowest BCUT2D eigenvalue weighted by atomic mass is 10.0. The number of rotatable bonds is 6. The minimum atomic E-state index is -4.22. The number of anilines is 1. The van der Waals surface area contributed by atoms with Crippen LogP contribution in [-0.2, 0) is 26.2 Å². The van der Waals surface area contributed by atoms with Crippen LogP contribution in [0.2, 0.25) is 0 Å². The van der Waals surface area contributed by atoms with Gasteiger partial charge in [0.15, 0.2) is 11.5 Å². The Kier molecular flexibility index (Phi) is 6.83. The molecule has 0 spiro atoms. The number of fused-ring (bicyclic) bond motifs is 1. The first-order valence-electron chi connectivity index (χ1n) is 12.1. The molecule has 0 N–H and O–H groups in total. The van der Waals surface area contributed by atoms with Crippen LogP contribution in [0.1, 0.15) is 34.2 Å². The number of halogens is 1. The molecule has 10 heteroatoms. The van der Waals surface area contributed by atoms with E-state index < -0.39 is 27.9 Å². The molecule has 1 atom stereocenters. The summed E-state index contributed by atoms with van der Waals surface area (Å²) < 4.78 is 41.7. The lowest BCUT2D eigenvalue weighted by molar-refractivity contribution is -0.122. The molecule has 2 aliphatic heterocycles. The van der Waals surface area contributed by atoms with E-state index in [0.29, 0.717) is 33.9 Å². The van der Waals surface area contributed by atoms with Gasteiger partial charge in [-0.3, -0.25) is 9.59 Å². The first-order chi connectivity index (χ1) is 18.0. The molecule has 8 nitrogen and oxygen atoms in total. The molecule has 0 bridgehead atoms. The standard InChI is InChI=1S/C28H27BrN2O6S/c1-16-11-17(2)19(4)27(18(16)3)38(34,35)30(14-20-5-10-24-25(12-20)37-15-36-24)23-13-26(32)31(28(23)33)22-8-6-21(29)7-9-22/h5-12,23H,13-15H2,1-4H3. The number of aryl methyl sites for hydroxylation is 2. The molecule has 1 saturated heterocycles. The lowest BCUT2D eigenvalue weighted by Gasteiger charge is -2.29. The number of sulfonamides is 1. The third kappa shape index (κ3) is 4.50. The van der Waals surface area contributed by atoms with Gasteiger partial charge >= 0.3 is 0 Å². The molecule has 3 aromatic carbocycles. The van der Waals surface area contributed by atoms with Crippen molar-refractivity contribution in [3.63, 3.8) is 0 Å². The Bertz CT molecular complexity index is 1540. The molecule has 2 amide bonds. The molecule has 2 aliphatic rings. The molecule has 0 radical (unpaired) electrons. The highest BCUT2D eigenvalue weighted by Crippen LogP contribution is 2.37. The second-order valence-electron chi connectivity index (χ2n) is 9.59. The maximum Gasteiger partial charge on any atom is 0.252 e. The summed E-state index contributed by atoms with van der Waals surface area (Å²) in [5, 5.41) is 0. The monoisotopic (exact) mass is 598 g/mol. The highest BCUT2D eigenvalue weighted by Gasteiger charge is 2.47. The average Bonchev–Trinajstić information content (AvgIpc) is 3.45. The number of hydrogen-bond donors (Lipinski definition) is 0. The van der Waals surface area contributed by atoms with E-state index in [1.54, 1.807) is 56.3 Å². The Morgan fingerprint density at radius 3 is 2.21 bits per heavy atom. The van der Waals surface area contributed by atoms with E-state index in [2.05, 4.69) is 15.9 Å². The number of imide groups is 1. The number of benzene rings is 3. The maximum atomic E-state index is 14.4. The number of hydrogen-bond acceptors (Lipinski definition) is 6. The highest BCUT2D eigenvalue weighted by molar-refractivity contribution is 9.10. The van der Waals surface area contributed by atoms with Crippen LogP contribution in [-0.4, -0.2) is 37.4 Å². The van der Waals surface area contributed by atoms with E-state index in [1.165, 1.54) is 0 Å². The fourth-order valence-electron chi connectivity index (χ4n) is 4.97. The summed E-state index contributed by atoms with van der Waals surface area (Å²) >= 11 is 3.36. The lowest BCUT2D eigenvalue weighted by Crippen LogP contribution is -2.45. The molecule has 2 heterocycles. The zero-order chi connectivity index (χ0) is 27.4. The van der Waals surface area contributed by atoms with Gasteiger partial charge in [0.05, 0.1) is 17.0 Å². The number of carbonyl (C=O) groups excluding carboxylic acids is 2. The van der Waals surface area contributed by atoms with Crippen molar-refractivity contribution >= 4 is 43.5 Å². The highest BCUT2D eigenvalue weighted by atomic mass is 79.9. The van der Waals surface area contributed by atoms with Gasteiger partial charge in [-0.15, -0.1) is 0 Å². The summed E-state index contributed by atoms with van der Waals surface area (Å²) in [7, 11) is -4.22. The molecule has 198 valence electrons. The Morgan fingerprint density at radius 1 is 0.921 bits per heavy atom. The number of carbonyl (C=O) groups is 2. The normalized spacial score (nSPS) is 17.1. The Hall–Kier alpha value is -3.21. The van der Waals surface area contributed by atoms with Gasteiger partial charge in [0.1, 0.15) is 6.04 Å². The fourth-order valence-corrected chi connectivity index (χ4v) is 7.38. The smallest absolute Gasteiger partial charge is 0.252 e. The first-order valence-corrected chi connectivity index (χ1v) is 14.3. The zero-order valence-electron chi connectivity index (χ0n) is 21.4. The zero-order valence-corrected chi connectivity index (χ0v) is 23.9. The molecule has 5 rings (SSSR count). The summed E-state index contributed by atoms with van der Waals surface area (Å²) in [4.78, 5) is 28.1. The van der Waals surface area contributed by atoms with Crippen LogP contribution in [0.5, 0.6) is 11.5 Å². The molecule has 1 fully saturated rings. The van der Waals surface area contributed by atoms with Crippen molar-refractivity contribution in [2.45, 2.75) is 51.6 Å². The molecular weight excluding hydrogens is 572 g/mol. The van der Waals surface area contributed by atoms with Gasteiger partial charge in [-0.05, 0) is 91.9 Å². The second-order valence-corrected chi connectivity index (χ2v) is 12.3. The van der Waals surface area contributed by atoms with E-state index in [1.807, 2.05) is 19.9 Å². The van der Waals surface area contributed by atoms with Crippen LogP contribution in [0, 0.1) is 27.7 Å². The van der Waals surface area contributed by atoms with Gasteiger partial charge in [0.25, 0.3) is 5.91 Å².